The maximum Gasteiger partial charge on any atom is 0.323 e. The summed E-state index contributed by atoms with van der Waals surface area (Å²) >= 11 is 5.89. The van der Waals surface area contributed by atoms with Crippen LogP contribution in [-0.2, 0) is 0 Å². The summed E-state index contributed by atoms with van der Waals surface area (Å²) in [5.74, 6) is -0.164. The standard InChI is InChI=1S/C22H16ClFN4O2/c1-13-12-25-19-7-6-17(11-20(19)26-13)30-21-8-5-16(10-18(21)24)28-22(29)27-15-4-2-3-14(23)9-15/h2-12H,1H3,(H2,27,28,29). The lowest BCUT2D eigenvalue weighted by molar-refractivity contribution is 0.262. The minimum absolute atomic E-state index is 0.0239. The third kappa shape index (κ3) is 4.64. The molecule has 0 saturated carbocycles. The Morgan fingerprint density at radius 1 is 1.00 bits per heavy atom. The fourth-order valence-electron chi connectivity index (χ4n) is 2.80. The van der Waals surface area contributed by atoms with Gasteiger partial charge in [0.25, 0.3) is 0 Å². The van der Waals surface area contributed by atoms with Gasteiger partial charge in [-0.15, -0.1) is 0 Å². The fraction of sp³-hybridized carbons (Fsp3) is 0.0455. The minimum Gasteiger partial charge on any atom is -0.454 e. The Labute approximate surface area is 176 Å². The first-order chi connectivity index (χ1) is 14.5. The van der Waals surface area contributed by atoms with Gasteiger partial charge in [0.1, 0.15) is 5.75 Å². The normalized spacial score (nSPS) is 10.6. The smallest absolute Gasteiger partial charge is 0.323 e. The van der Waals surface area contributed by atoms with E-state index in [0.29, 0.717) is 22.0 Å². The molecule has 0 aliphatic heterocycles. The van der Waals surface area contributed by atoms with Crippen molar-refractivity contribution >= 4 is 40.0 Å². The van der Waals surface area contributed by atoms with Gasteiger partial charge < -0.3 is 15.4 Å². The van der Waals surface area contributed by atoms with E-state index in [1.165, 1.54) is 12.1 Å². The van der Waals surface area contributed by atoms with Crippen LogP contribution in [0.5, 0.6) is 11.5 Å². The Hall–Kier alpha value is -3.71. The van der Waals surface area contributed by atoms with Gasteiger partial charge in [0, 0.05) is 34.7 Å². The Kier molecular flexibility index (Phi) is 5.45. The van der Waals surface area contributed by atoms with Crippen LogP contribution in [0.2, 0.25) is 5.02 Å². The number of halogens is 2. The molecule has 3 aromatic carbocycles. The lowest BCUT2D eigenvalue weighted by Gasteiger charge is -2.11. The molecule has 0 radical (unpaired) electrons. The molecule has 0 fully saturated rings. The zero-order chi connectivity index (χ0) is 21.1. The Morgan fingerprint density at radius 2 is 1.80 bits per heavy atom. The van der Waals surface area contributed by atoms with E-state index in [0.717, 1.165) is 11.2 Å². The molecule has 0 atom stereocenters. The summed E-state index contributed by atoms with van der Waals surface area (Å²) in [5, 5.41) is 5.69. The number of ether oxygens (including phenoxy) is 1. The second-order valence-electron chi connectivity index (χ2n) is 6.50. The average molecular weight is 423 g/mol. The summed E-state index contributed by atoms with van der Waals surface area (Å²) in [6.45, 7) is 1.84. The van der Waals surface area contributed by atoms with Crippen molar-refractivity contribution < 1.29 is 13.9 Å². The largest absolute Gasteiger partial charge is 0.454 e. The maximum absolute atomic E-state index is 14.5. The molecule has 30 heavy (non-hydrogen) atoms. The van der Waals surface area contributed by atoms with Crippen molar-refractivity contribution in [1.82, 2.24) is 9.97 Å². The van der Waals surface area contributed by atoms with Gasteiger partial charge >= 0.3 is 6.03 Å². The van der Waals surface area contributed by atoms with Gasteiger partial charge in [-0.25, -0.2) is 14.2 Å². The summed E-state index contributed by atoms with van der Waals surface area (Å²) in [4.78, 5) is 20.8. The molecule has 1 aromatic heterocycles. The van der Waals surface area contributed by atoms with Gasteiger partial charge in [0.05, 0.1) is 16.7 Å². The number of hydrogen-bond donors (Lipinski definition) is 2. The SMILES string of the molecule is Cc1cnc2ccc(Oc3ccc(NC(=O)Nc4cccc(Cl)c4)cc3F)cc2n1. The van der Waals surface area contributed by atoms with Crippen molar-refractivity contribution in [2.24, 2.45) is 0 Å². The van der Waals surface area contributed by atoms with Crippen LogP contribution in [-0.4, -0.2) is 16.0 Å². The van der Waals surface area contributed by atoms with Gasteiger partial charge in [-0.2, -0.15) is 0 Å². The summed E-state index contributed by atoms with van der Waals surface area (Å²) in [6.07, 6.45) is 1.68. The zero-order valence-corrected chi connectivity index (χ0v) is 16.6. The van der Waals surface area contributed by atoms with Crippen LogP contribution in [0, 0.1) is 12.7 Å². The second kappa shape index (κ2) is 8.34. The van der Waals surface area contributed by atoms with Crippen LogP contribution in [0.4, 0.5) is 20.6 Å². The highest BCUT2D eigenvalue weighted by molar-refractivity contribution is 6.30. The number of amides is 2. The van der Waals surface area contributed by atoms with Gasteiger partial charge in [0.15, 0.2) is 11.6 Å². The van der Waals surface area contributed by atoms with E-state index in [1.807, 2.05) is 6.92 Å². The quantitative estimate of drug-likeness (QED) is 0.412. The van der Waals surface area contributed by atoms with E-state index < -0.39 is 11.8 Å². The molecule has 0 aliphatic carbocycles. The number of fused-ring (bicyclic) bond motifs is 1. The van der Waals surface area contributed by atoms with Crippen molar-refractivity contribution in [2.45, 2.75) is 6.92 Å². The first-order valence-electron chi connectivity index (χ1n) is 9.01. The number of urea groups is 1. The number of aromatic nitrogens is 2. The van der Waals surface area contributed by atoms with Gasteiger partial charge in [0.2, 0.25) is 0 Å². The molecule has 2 N–H and O–H groups in total. The van der Waals surface area contributed by atoms with E-state index in [-0.39, 0.29) is 11.4 Å². The molecular formula is C22H16ClFN4O2. The third-order valence-corrected chi connectivity index (χ3v) is 4.37. The van der Waals surface area contributed by atoms with Crippen molar-refractivity contribution in [2.75, 3.05) is 10.6 Å². The lowest BCUT2D eigenvalue weighted by atomic mass is 10.2. The van der Waals surface area contributed by atoms with E-state index >= 15 is 0 Å². The number of rotatable bonds is 4. The van der Waals surface area contributed by atoms with Crippen LogP contribution in [0.3, 0.4) is 0 Å². The second-order valence-corrected chi connectivity index (χ2v) is 6.94. The third-order valence-electron chi connectivity index (χ3n) is 4.13. The molecule has 0 spiro atoms. The average Bonchev–Trinajstić information content (AvgIpc) is 2.69. The summed E-state index contributed by atoms with van der Waals surface area (Å²) < 4.78 is 20.1. The molecule has 2 amide bonds. The number of nitrogens with one attached hydrogen (secondary N) is 2. The summed E-state index contributed by atoms with van der Waals surface area (Å²) in [6, 6.07) is 15.5. The molecule has 8 heteroatoms. The molecule has 150 valence electrons. The van der Waals surface area contributed by atoms with Crippen LogP contribution >= 0.6 is 11.6 Å². The highest BCUT2D eigenvalue weighted by atomic mass is 35.5. The first-order valence-corrected chi connectivity index (χ1v) is 9.38. The first kappa shape index (κ1) is 19.6. The van der Waals surface area contributed by atoms with Crippen LogP contribution in [0.25, 0.3) is 11.0 Å². The van der Waals surface area contributed by atoms with Crippen LogP contribution in [0.15, 0.2) is 66.9 Å². The van der Waals surface area contributed by atoms with E-state index in [2.05, 4.69) is 20.6 Å². The fourth-order valence-corrected chi connectivity index (χ4v) is 2.99. The minimum atomic E-state index is -0.619. The van der Waals surface area contributed by atoms with Crippen molar-refractivity contribution in [3.8, 4) is 11.5 Å². The van der Waals surface area contributed by atoms with Gasteiger partial charge in [-0.3, -0.25) is 4.98 Å². The zero-order valence-electron chi connectivity index (χ0n) is 15.8. The van der Waals surface area contributed by atoms with E-state index in [1.54, 1.807) is 54.7 Å². The van der Waals surface area contributed by atoms with Crippen LogP contribution < -0.4 is 15.4 Å². The molecule has 4 rings (SSSR count). The van der Waals surface area contributed by atoms with Crippen molar-refractivity contribution in [3.05, 3.63) is 83.4 Å². The van der Waals surface area contributed by atoms with Gasteiger partial charge in [-0.05, 0) is 49.4 Å². The highest BCUT2D eigenvalue weighted by Gasteiger charge is 2.10. The van der Waals surface area contributed by atoms with E-state index in [4.69, 9.17) is 16.3 Å². The number of anilines is 2. The Balaban J connectivity index is 1.46. The maximum atomic E-state index is 14.5. The van der Waals surface area contributed by atoms with Crippen molar-refractivity contribution in [3.63, 3.8) is 0 Å². The Morgan fingerprint density at radius 3 is 2.57 bits per heavy atom. The number of benzene rings is 3. The molecule has 0 bridgehead atoms. The van der Waals surface area contributed by atoms with Gasteiger partial charge in [-0.1, -0.05) is 17.7 Å². The predicted octanol–water partition coefficient (Wildman–Crippen LogP) is 6.17. The van der Waals surface area contributed by atoms with E-state index in [9.17, 15) is 9.18 Å². The number of hydrogen-bond acceptors (Lipinski definition) is 4. The lowest BCUT2D eigenvalue weighted by Crippen LogP contribution is -2.19. The molecule has 0 aliphatic rings. The number of nitrogens with zero attached hydrogens (tertiary/aromatic N) is 2. The van der Waals surface area contributed by atoms with Crippen LogP contribution in [0.1, 0.15) is 5.69 Å². The molecule has 0 saturated heterocycles. The summed E-state index contributed by atoms with van der Waals surface area (Å²) in [7, 11) is 0. The monoisotopic (exact) mass is 422 g/mol. The Bertz CT molecular complexity index is 1250. The molecule has 4 aromatic rings. The number of carbonyl (C=O) groups excluding carboxylic acids is 1. The molecule has 6 nitrogen and oxygen atoms in total. The molecule has 1 heterocycles. The number of aryl methyl sites for hydroxylation is 1. The molecule has 0 unspecified atom stereocenters. The highest BCUT2D eigenvalue weighted by Crippen LogP contribution is 2.28. The molecular weight excluding hydrogens is 407 g/mol. The predicted molar refractivity (Wildman–Crippen MR) is 115 cm³/mol. The van der Waals surface area contributed by atoms with Crippen molar-refractivity contribution in [1.29, 1.82) is 0 Å². The number of carbonyl (C=O) groups is 1. The summed E-state index contributed by atoms with van der Waals surface area (Å²) in [5.41, 5.74) is 2.95. The topological polar surface area (TPSA) is 76.1 Å².